The first-order chi connectivity index (χ1) is 10.4. The van der Waals surface area contributed by atoms with Gasteiger partial charge in [0.15, 0.2) is 6.04 Å². The van der Waals surface area contributed by atoms with Gasteiger partial charge in [0.1, 0.15) is 6.04 Å². The van der Waals surface area contributed by atoms with Crippen LogP contribution in [0.2, 0.25) is 0 Å². The maximum absolute atomic E-state index is 12.4. The van der Waals surface area contributed by atoms with Crippen molar-refractivity contribution in [1.82, 2.24) is 15.5 Å². The van der Waals surface area contributed by atoms with Crippen LogP contribution >= 0.6 is 0 Å². The van der Waals surface area contributed by atoms with E-state index in [-0.39, 0.29) is 11.9 Å². The van der Waals surface area contributed by atoms with Crippen LogP contribution in [0.25, 0.3) is 0 Å². The molecule has 0 aromatic rings. The standard InChI is InChI=1S/C14H23N3O5/c1-8(18)11(14(21)22)16-12(19)10-5-3-7-17(10)13(20)9-4-2-6-15-9/h8-11,15,18H,2-7H2,1H3,(H,16,19)(H,21,22). The Labute approximate surface area is 128 Å². The molecule has 2 aliphatic rings. The molecule has 2 heterocycles. The van der Waals surface area contributed by atoms with Gasteiger partial charge in [0.05, 0.1) is 12.1 Å². The van der Waals surface area contributed by atoms with E-state index < -0.39 is 30.1 Å². The summed E-state index contributed by atoms with van der Waals surface area (Å²) in [5, 5.41) is 23.9. The minimum Gasteiger partial charge on any atom is -0.480 e. The number of hydrogen-bond acceptors (Lipinski definition) is 5. The number of carbonyl (C=O) groups is 3. The molecule has 4 atom stereocenters. The number of amides is 2. The molecular weight excluding hydrogens is 290 g/mol. The second-order valence-electron chi connectivity index (χ2n) is 5.90. The molecule has 2 aliphatic heterocycles. The van der Waals surface area contributed by atoms with Crippen LogP contribution in [0, 0.1) is 0 Å². The zero-order chi connectivity index (χ0) is 16.3. The number of aliphatic hydroxyl groups is 1. The molecule has 22 heavy (non-hydrogen) atoms. The normalized spacial score (nSPS) is 27.5. The molecular formula is C14H23N3O5. The summed E-state index contributed by atoms with van der Waals surface area (Å²) in [6, 6.07) is -2.27. The van der Waals surface area contributed by atoms with Gasteiger partial charge < -0.3 is 25.7 Å². The Morgan fingerprint density at radius 3 is 2.55 bits per heavy atom. The number of rotatable bonds is 5. The number of likely N-dealkylation sites (tertiary alicyclic amines) is 1. The van der Waals surface area contributed by atoms with Crippen LogP contribution in [-0.4, -0.2) is 70.2 Å². The van der Waals surface area contributed by atoms with E-state index >= 15 is 0 Å². The fraction of sp³-hybridized carbons (Fsp3) is 0.786. The third-order valence-electron chi connectivity index (χ3n) is 4.24. The van der Waals surface area contributed by atoms with Crippen molar-refractivity contribution in [3.8, 4) is 0 Å². The van der Waals surface area contributed by atoms with Gasteiger partial charge in [-0.2, -0.15) is 0 Å². The Balaban J connectivity index is 2.01. The van der Waals surface area contributed by atoms with Crippen molar-refractivity contribution in [1.29, 1.82) is 0 Å². The highest BCUT2D eigenvalue weighted by atomic mass is 16.4. The molecule has 124 valence electrons. The number of nitrogens with one attached hydrogen (secondary N) is 2. The highest BCUT2D eigenvalue weighted by Gasteiger charge is 2.39. The van der Waals surface area contributed by atoms with Crippen molar-refractivity contribution in [2.45, 2.75) is 56.8 Å². The SMILES string of the molecule is CC(O)C(NC(=O)C1CCCN1C(=O)C1CCCN1)C(=O)O. The minimum absolute atomic E-state index is 0.0981. The van der Waals surface area contributed by atoms with E-state index in [1.54, 1.807) is 0 Å². The van der Waals surface area contributed by atoms with Crippen molar-refractivity contribution in [2.75, 3.05) is 13.1 Å². The monoisotopic (exact) mass is 313 g/mol. The Kier molecular flexibility index (Phi) is 5.36. The lowest BCUT2D eigenvalue weighted by Crippen LogP contribution is -2.55. The maximum Gasteiger partial charge on any atom is 0.328 e. The largest absolute Gasteiger partial charge is 0.480 e. The molecule has 0 bridgehead atoms. The maximum atomic E-state index is 12.4. The molecule has 8 heteroatoms. The Bertz CT molecular complexity index is 448. The average Bonchev–Trinajstić information content (AvgIpc) is 3.13. The highest BCUT2D eigenvalue weighted by Crippen LogP contribution is 2.21. The quantitative estimate of drug-likeness (QED) is 0.500. The van der Waals surface area contributed by atoms with Gasteiger partial charge in [-0.15, -0.1) is 0 Å². The molecule has 0 aromatic carbocycles. The van der Waals surface area contributed by atoms with Gasteiger partial charge in [0.25, 0.3) is 0 Å². The van der Waals surface area contributed by atoms with Gasteiger partial charge in [-0.25, -0.2) is 4.79 Å². The molecule has 0 saturated carbocycles. The summed E-state index contributed by atoms with van der Waals surface area (Å²) in [6.45, 7) is 2.60. The Morgan fingerprint density at radius 1 is 1.27 bits per heavy atom. The minimum atomic E-state index is -1.37. The van der Waals surface area contributed by atoms with Crippen LogP contribution in [0.1, 0.15) is 32.6 Å². The lowest BCUT2D eigenvalue weighted by atomic mass is 10.1. The number of carboxylic acids is 1. The van der Waals surface area contributed by atoms with E-state index in [4.69, 9.17) is 5.11 Å². The Morgan fingerprint density at radius 2 is 2.00 bits per heavy atom. The molecule has 0 spiro atoms. The molecule has 2 rings (SSSR count). The van der Waals surface area contributed by atoms with E-state index in [2.05, 4.69) is 10.6 Å². The summed E-state index contributed by atoms with van der Waals surface area (Å²) >= 11 is 0. The molecule has 4 N–H and O–H groups in total. The molecule has 0 aliphatic carbocycles. The van der Waals surface area contributed by atoms with Crippen LogP contribution in [0.5, 0.6) is 0 Å². The molecule has 2 fully saturated rings. The Hall–Kier alpha value is -1.67. The predicted octanol–water partition coefficient (Wildman–Crippen LogP) is -1.32. The summed E-state index contributed by atoms with van der Waals surface area (Å²) < 4.78 is 0. The van der Waals surface area contributed by atoms with Gasteiger partial charge in [-0.3, -0.25) is 9.59 Å². The third-order valence-corrected chi connectivity index (χ3v) is 4.24. The summed E-state index contributed by atoms with van der Waals surface area (Å²) in [5.74, 6) is -1.91. The fourth-order valence-corrected chi connectivity index (χ4v) is 3.04. The number of carboxylic acid groups (broad SMARTS) is 1. The van der Waals surface area contributed by atoms with Crippen molar-refractivity contribution in [2.24, 2.45) is 0 Å². The number of aliphatic carboxylic acids is 1. The first-order valence-corrected chi connectivity index (χ1v) is 7.67. The second-order valence-corrected chi connectivity index (χ2v) is 5.90. The van der Waals surface area contributed by atoms with Gasteiger partial charge in [0.2, 0.25) is 11.8 Å². The topological polar surface area (TPSA) is 119 Å². The summed E-state index contributed by atoms with van der Waals surface area (Å²) in [6.07, 6.45) is 1.71. The van der Waals surface area contributed by atoms with Gasteiger partial charge in [0, 0.05) is 6.54 Å². The predicted molar refractivity (Wildman–Crippen MR) is 77.0 cm³/mol. The smallest absolute Gasteiger partial charge is 0.328 e. The van der Waals surface area contributed by atoms with Crippen LogP contribution in [0.3, 0.4) is 0 Å². The van der Waals surface area contributed by atoms with Gasteiger partial charge >= 0.3 is 5.97 Å². The summed E-state index contributed by atoms with van der Waals surface area (Å²) in [4.78, 5) is 37.3. The third kappa shape index (κ3) is 3.56. The van der Waals surface area contributed by atoms with Crippen molar-refractivity contribution >= 4 is 17.8 Å². The van der Waals surface area contributed by atoms with E-state index in [1.807, 2.05) is 0 Å². The molecule has 4 unspecified atom stereocenters. The van der Waals surface area contributed by atoms with Crippen molar-refractivity contribution in [3.05, 3.63) is 0 Å². The van der Waals surface area contributed by atoms with Crippen LogP contribution in [-0.2, 0) is 14.4 Å². The lowest BCUT2D eigenvalue weighted by Gasteiger charge is -2.28. The number of aliphatic hydroxyl groups excluding tert-OH is 1. The van der Waals surface area contributed by atoms with Crippen LogP contribution in [0.4, 0.5) is 0 Å². The second kappa shape index (κ2) is 7.06. The molecule has 2 saturated heterocycles. The molecule has 0 aromatic heterocycles. The van der Waals surface area contributed by atoms with Crippen molar-refractivity contribution < 1.29 is 24.6 Å². The van der Waals surface area contributed by atoms with Gasteiger partial charge in [-0.05, 0) is 39.2 Å². The van der Waals surface area contributed by atoms with Gasteiger partial charge in [-0.1, -0.05) is 0 Å². The summed E-state index contributed by atoms with van der Waals surface area (Å²) in [5.41, 5.74) is 0. The number of hydrogen-bond donors (Lipinski definition) is 4. The van der Waals surface area contributed by atoms with E-state index in [9.17, 15) is 19.5 Å². The van der Waals surface area contributed by atoms with Crippen LogP contribution in [0.15, 0.2) is 0 Å². The van der Waals surface area contributed by atoms with E-state index in [0.29, 0.717) is 19.4 Å². The highest BCUT2D eigenvalue weighted by molar-refractivity contribution is 5.92. The first-order valence-electron chi connectivity index (χ1n) is 7.67. The zero-order valence-electron chi connectivity index (χ0n) is 12.6. The number of nitrogens with zero attached hydrogens (tertiary/aromatic N) is 1. The molecule has 8 nitrogen and oxygen atoms in total. The lowest BCUT2D eigenvalue weighted by molar-refractivity contribution is -0.146. The van der Waals surface area contributed by atoms with E-state index in [1.165, 1.54) is 11.8 Å². The van der Waals surface area contributed by atoms with Crippen molar-refractivity contribution in [3.63, 3.8) is 0 Å². The first kappa shape index (κ1) is 16.7. The van der Waals surface area contributed by atoms with E-state index in [0.717, 1.165) is 19.4 Å². The summed E-state index contributed by atoms with van der Waals surface area (Å²) in [7, 11) is 0. The average molecular weight is 313 g/mol. The fourth-order valence-electron chi connectivity index (χ4n) is 3.04. The number of carbonyl (C=O) groups excluding carboxylic acids is 2. The zero-order valence-corrected chi connectivity index (χ0v) is 12.6. The molecule has 2 amide bonds. The molecule has 0 radical (unpaired) electrons. The van der Waals surface area contributed by atoms with Crippen LogP contribution < -0.4 is 10.6 Å².